The molecule has 2 aliphatic rings. The van der Waals surface area contributed by atoms with E-state index in [1.54, 1.807) is 24.3 Å². The summed E-state index contributed by atoms with van der Waals surface area (Å²) >= 11 is 0. The molecule has 7 aromatic rings. The quantitative estimate of drug-likeness (QED) is 0.131. The number of nitrogens with zero attached hydrogens (tertiary/aromatic N) is 2. The largest absolute Gasteiger partial charge is 0.478 e. The van der Waals surface area contributed by atoms with Crippen LogP contribution in [-0.2, 0) is 21.7 Å². The number of fused-ring (bicyclic) bond motifs is 8. The van der Waals surface area contributed by atoms with Crippen molar-refractivity contribution >= 4 is 58.3 Å². The van der Waals surface area contributed by atoms with E-state index in [1.165, 1.54) is 22.3 Å². The minimum Gasteiger partial charge on any atom is -0.478 e. The summed E-state index contributed by atoms with van der Waals surface area (Å²) in [4.78, 5) is 42.9. The molecule has 8 heteroatoms. The number of aromatic nitrogens is 4. The highest BCUT2D eigenvalue weighted by Gasteiger charge is 2.26. The van der Waals surface area contributed by atoms with E-state index < -0.39 is 11.9 Å². The molecule has 70 heavy (non-hydrogen) atoms. The standard InChI is InChI=1S/C62H62N4O4/c1-59(2,3)41-29-39(30-42(33-41)60(4,5)6)55-49-25-23-47(64-49)53(35-13-17-37(18-14-35)57(67)68)45-21-22-46(63-45)54(36-15-19-38(20-16-36)58(69)70)48-24-26-50(65-48)56(52-28-27-51(55)66-52)40-31-43(61(7,8)9)34-44(32-40)62(10,11)12/h13-34,64-65H,1-12H3,(H,67,68)(H,69,70). The average molecular weight is 927 g/mol. The zero-order chi connectivity index (χ0) is 50.2. The number of hydrogen-bond acceptors (Lipinski definition) is 4. The lowest BCUT2D eigenvalue weighted by Gasteiger charge is -2.26. The Balaban J connectivity index is 1.50. The van der Waals surface area contributed by atoms with E-state index >= 15 is 0 Å². The molecule has 0 fully saturated rings. The molecule has 4 aromatic carbocycles. The Hall–Kier alpha value is -7.58. The van der Waals surface area contributed by atoms with Crippen LogP contribution in [0.4, 0.5) is 0 Å². The van der Waals surface area contributed by atoms with Crippen molar-refractivity contribution in [3.05, 3.63) is 165 Å². The maximum Gasteiger partial charge on any atom is 0.335 e. The summed E-state index contributed by atoms with van der Waals surface area (Å²) in [5, 5.41) is 19.8. The number of aromatic carboxylic acids is 2. The summed E-state index contributed by atoms with van der Waals surface area (Å²) in [5.41, 5.74) is 18.0. The first kappa shape index (κ1) is 47.5. The first-order valence-corrected chi connectivity index (χ1v) is 24.0. The Bertz CT molecular complexity index is 3210. The van der Waals surface area contributed by atoms with Gasteiger partial charge >= 0.3 is 11.9 Å². The third kappa shape index (κ3) is 9.18. The first-order valence-electron chi connectivity index (χ1n) is 24.0. The molecule has 9 rings (SSSR count). The van der Waals surface area contributed by atoms with Crippen molar-refractivity contribution in [2.45, 2.75) is 105 Å². The molecule has 0 aliphatic carbocycles. The molecule has 0 unspecified atom stereocenters. The number of H-pyrrole nitrogens is 2. The zero-order valence-electron chi connectivity index (χ0n) is 42.3. The van der Waals surface area contributed by atoms with Crippen molar-refractivity contribution in [2.75, 3.05) is 0 Å². The molecule has 0 amide bonds. The van der Waals surface area contributed by atoms with Gasteiger partial charge in [-0.2, -0.15) is 0 Å². The first-order chi connectivity index (χ1) is 32.8. The molecule has 0 saturated heterocycles. The monoisotopic (exact) mass is 926 g/mol. The van der Waals surface area contributed by atoms with Crippen LogP contribution in [0.2, 0.25) is 0 Å². The molecular formula is C62H62N4O4. The number of carboxylic acid groups (broad SMARTS) is 2. The highest BCUT2D eigenvalue weighted by Crippen LogP contribution is 2.42. The summed E-state index contributed by atoms with van der Waals surface area (Å²) in [6, 6.07) is 36.1. The van der Waals surface area contributed by atoms with Crippen LogP contribution in [0.25, 0.3) is 90.9 Å². The maximum atomic E-state index is 12.1. The maximum absolute atomic E-state index is 12.1. The van der Waals surface area contributed by atoms with Gasteiger partial charge in [0, 0.05) is 44.3 Å². The molecule has 354 valence electrons. The highest BCUT2D eigenvalue weighted by atomic mass is 16.4. The molecule has 0 spiro atoms. The van der Waals surface area contributed by atoms with Crippen LogP contribution in [0.3, 0.4) is 0 Å². The van der Waals surface area contributed by atoms with E-state index in [0.29, 0.717) is 11.4 Å². The second-order valence-corrected chi connectivity index (χ2v) is 22.9. The number of benzene rings is 4. The van der Waals surface area contributed by atoms with Gasteiger partial charge in [0.1, 0.15) is 0 Å². The van der Waals surface area contributed by atoms with Gasteiger partial charge < -0.3 is 20.2 Å². The Morgan fingerprint density at radius 2 is 0.600 bits per heavy atom. The number of carbonyl (C=O) groups is 2. The second-order valence-electron chi connectivity index (χ2n) is 22.9. The number of nitrogens with one attached hydrogen (secondary N) is 2. The fourth-order valence-corrected chi connectivity index (χ4v) is 9.26. The van der Waals surface area contributed by atoms with Gasteiger partial charge in [-0.3, -0.25) is 0 Å². The Labute approximate surface area is 411 Å². The fourth-order valence-electron chi connectivity index (χ4n) is 9.26. The molecule has 4 N–H and O–H groups in total. The van der Waals surface area contributed by atoms with E-state index in [2.05, 4.69) is 166 Å². The summed E-state index contributed by atoms with van der Waals surface area (Å²) in [6.07, 6.45) is 8.25. The molecule has 0 saturated carbocycles. The molecule has 2 aliphatic heterocycles. The van der Waals surface area contributed by atoms with E-state index in [-0.39, 0.29) is 32.8 Å². The van der Waals surface area contributed by atoms with Crippen LogP contribution in [0.5, 0.6) is 0 Å². The molecule has 5 heterocycles. The summed E-state index contributed by atoms with van der Waals surface area (Å²) in [5.74, 6) is -2.01. The smallest absolute Gasteiger partial charge is 0.335 e. The number of carboxylic acids is 2. The van der Waals surface area contributed by atoms with E-state index in [0.717, 1.165) is 78.0 Å². The van der Waals surface area contributed by atoms with Crippen molar-refractivity contribution in [1.29, 1.82) is 0 Å². The summed E-state index contributed by atoms with van der Waals surface area (Å²) in [6.45, 7) is 27.0. The van der Waals surface area contributed by atoms with Crippen molar-refractivity contribution in [3.8, 4) is 44.5 Å². The molecule has 8 nitrogen and oxygen atoms in total. The van der Waals surface area contributed by atoms with Crippen molar-refractivity contribution < 1.29 is 19.8 Å². The van der Waals surface area contributed by atoms with Crippen LogP contribution in [0.1, 0.15) is 149 Å². The lowest BCUT2D eigenvalue weighted by molar-refractivity contribution is 0.0686. The molecule has 8 bridgehead atoms. The van der Waals surface area contributed by atoms with Crippen LogP contribution in [0, 0.1) is 0 Å². The molecule has 3 aromatic heterocycles. The molecular weight excluding hydrogens is 865 g/mol. The van der Waals surface area contributed by atoms with Crippen LogP contribution < -0.4 is 0 Å². The summed E-state index contributed by atoms with van der Waals surface area (Å²) in [7, 11) is 0. The Morgan fingerprint density at radius 1 is 0.357 bits per heavy atom. The Morgan fingerprint density at radius 3 is 0.829 bits per heavy atom. The van der Waals surface area contributed by atoms with Crippen LogP contribution >= 0.6 is 0 Å². The number of aromatic amines is 2. The third-order valence-electron chi connectivity index (χ3n) is 13.5. The minimum atomic E-state index is -1.01. The lowest BCUT2D eigenvalue weighted by atomic mass is 9.78. The van der Waals surface area contributed by atoms with Gasteiger partial charge in [-0.05, 0) is 139 Å². The number of rotatable bonds is 6. The van der Waals surface area contributed by atoms with E-state index in [4.69, 9.17) is 9.97 Å². The Kier molecular flexibility index (Phi) is 11.6. The fraction of sp³-hybridized carbons (Fsp3) is 0.258. The van der Waals surface area contributed by atoms with E-state index in [9.17, 15) is 19.8 Å². The lowest BCUT2D eigenvalue weighted by Crippen LogP contribution is -2.16. The van der Waals surface area contributed by atoms with Gasteiger partial charge in [0.25, 0.3) is 0 Å². The van der Waals surface area contributed by atoms with Gasteiger partial charge in [-0.1, -0.05) is 144 Å². The van der Waals surface area contributed by atoms with Gasteiger partial charge in [0.2, 0.25) is 0 Å². The minimum absolute atomic E-state index is 0.145. The molecule has 0 atom stereocenters. The van der Waals surface area contributed by atoms with E-state index in [1.807, 2.05) is 36.4 Å². The molecule has 0 radical (unpaired) electrons. The van der Waals surface area contributed by atoms with Gasteiger partial charge in [0.05, 0.1) is 33.9 Å². The predicted molar refractivity (Wildman–Crippen MR) is 289 cm³/mol. The highest BCUT2D eigenvalue weighted by molar-refractivity contribution is 6.01. The topological polar surface area (TPSA) is 132 Å². The zero-order valence-corrected chi connectivity index (χ0v) is 42.3. The van der Waals surface area contributed by atoms with Gasteiger partial charge in [0.15, 0.2) is 0 Å². The second kappa shape index (κ2) is 17.1. The van der Waals surface area contributed by atoms with Crippen molar-refractivity contribution in [2.24, 2.45) is 0 Å². The van der Waals surface area contributed by atoms with Crippen LogP contribution in [-0.4, -0.2) is 42.1 Å². The normalized spacial score (nSPS) is 13.0. The average Bonchev–Trinajstić information content (AvgIpc) is 4.14. The summed E-state index contributed by atoms with van der Waals surface area (Å²) < 4.78 is 0. The third-order valence-corrected chi connectivity index (χ3v) is 13.5. The van der Waals surface area contributed by atoms with Gasteiger partial charge in [-0.25, -0.2) is 19.6 Å². The predicted octanol–water partition coefficient (Wildman–Crippen LogP) is 15.9. The van der Waals surface area contributed by atoms with Gasteiger partial charge in [-0.15, -0.1) is 0 Å². The number of hydrogen-bond donors (Lipinski definition) is 4. The SMILES string of the molecule is CC(C)(C)c1cc(-c2c3nc(c(-c4cc(C(C)(C)C)cc(C(C)(C)C)c4)c4ccc([nH]4)c(-c4ccc(C(=O)O)cc4)c4nc(c(-c5ccc(C(=O)O)cc5)c5ccc2[nH]5)C=C4)C=C3)cc(C(C)(C)C)c1. The van der Waals surface area contributed by atoms with Crippen molar-refractivity contribution in [3.63, 3.8) is 0 Å². The van der Waals surface area contributed by atoms with Crippen molar-refractivity contribution in [1.82, 2.24) is 19.9 Å². The van der Waals surface area contributed by atoms with Crippen LogP contribution in [0.15, 0.2) is 109 Å².